The minimum atomic E-state index is -1.18. The molecule has 0 heterocycles. The lowest BCUT2D eigenvalue weighted by molar-refractivity contribution is -0.117. The Labute approximate surface area is 152 Å². The average Bonchev–Trinajstić information content (AvgIpc) is 3.43. The van der Waals surface area contributed by atoms with Crippen molar-refractivity contribution in [3.05, 3.63) is 23.8 Å². The van der Waals surface area contributed by atoms with Crippen LogP contribution in [0.15, 0.2) is 23.2 Å². The van der Waals surface area contributed by atoms with Crippen LogP contribution in [-0.2, 0) is 4.79 Å². The Bertz CT molecular complexity index is 746. The standard InChI is InChI=1S/C18H24N4O4/c1-17(9-23,10-24)22-16(25)15(21-2)13-7-12(3-4-14(13)20)26-11-18(8-19)5-6-18/h3-4,7,23-24H,5-6,9-11,20H2,1-2H3,(H,22,25). The quantitative estimate of drug-likeness (QED) is 0.386. The molecule has 0 spiro atoms. The summed E-state index contributed by atoms with van der Waals surface area (Å²) in [6, 6.07) is 7.12. The fourth-order valence-electron chi connectivity index (χ4n) is 2.30. The van der Waals surface area contributed by atoms with Crippen molar-refractivity contribution in [1.82, 2.24) is 5.32 Å². The second-order valence-electron chi connectivity index (χ2n) is 6.83. The highest BCUT2D eigenvalue weighted by Gasteiger charge is 2.44. The lowest BCUT2D eigenvalue weighted by atomic mass is 10.0. The van der Waals surface area contributed by atoms with Gasteiger partial charge in [-0.15, -0.1) is 0 Å². The Balaban J connectivity index is 2.20. The lowest BCUT2D eigenvalue weighted by Crippen LogP contribution is -2.53. The van der Waals surface area contributed by atoms with E-state index in [2.05, 4.69) is 16.4 Å². The molecular formula is C18H24N4O4. The molecule has 0 atom stereocenters. The van der Waals surface area contributed by atoms with Gasteiger partial charge in [0.15, 0.2) is 0 Å². The first-order chi connectivity index (χ1) is 12.3. The molecule has 1 fully saturated rings. The molecule has 1 aliphatic rings. The van der Waals surface area contributed by atoms with E-state index in [0.29, 0.717) is 17.0 Å². The third-order valence-electron chi connectivity index (χ3n) is 4.44. The van der Waals surface area contributed by atoms with E-state index >= 15 is 0 Å². The SMILES string of the molecule is CN=C(C(=O)NC(C)(CO)CO)c1cc(OCC2(C#N)CC2)ccc1N. The second kappa shape index (κ2) is 7.72. The van der Waals surface area contributed by atoms with Gasteiger partial charge >= 0.3 is 0 Å². The first-order valence-electron chi connectivity index (χ1n) is 8.27. The summed E-state index contributed by atoms with van der Waals surface area (Å²) in [7, 11) is 1.45. The van der Waals surface area contributed by atoms with Crippen LogP contribution in [0.5, 0.6) is 5.75 Å². The normalized spacial score (nSPS) is 15.9. The Kier molecular flexibility index (Phi) is 5.85. The van der Waals surface area contributed by atoms with Crippen LogP contribution < -0.4 is 15.8 Å². The molecule has 140 valence electrons. The first kappa shape index (κ1) is 19.7. The van der Waals surface area contributed by atoms with Crippen LogP contribution in [-0.4, -0.2) is 54.2 Å². The maximum atomic E-state index is 12.5. The fraction of sp³-hybridized carbons (Fsp3) is 0.500. The number of amides is 1. The van der Waals surface area contributed by atoms with Crippen LogP contribution >= 0.6 is 0 Å². The molecule has 0 aliphatic heterocycles. The summed E-state index contributed by atoms with van der Waals surface area (Å²) in [4.78, 5) is 16.5. The number of aliphatic hydroxyl groups excluding tert-OH is 2. The van der Waals surface area contributed by atoms with Gasteiger partial charge in [-0.05, 0) is 38.0 Å². The van der Waals surface area contributed by atoms with E-state index in [9.17, 15) is 15.0 Å². The molecule has 0 aromatic heterocycles. The number of carbonyl (C=O) groups is 1. The number of rotatable bonds is 8. The topological polar surface area (TPSA) is 141 Å². The molecule has 1 aromatic carbocycles. The number of nitrogens with two attached hydrogens (primary N) is 1. The van der Waals surface area contributed by atoms with Gasteiger partial charge in [0, 0.05) is 18.3 Å². The summed E-state index contributed by atoms with van der Waals surface area (Å²) in [6.45, 7) is 0.936. The van der Waals surface area contributed by atoms with Crippen molar-refractivity contribution in [1.29, 1.82) is 5.26 Å². The minimum absolute atomic E-state index is 0.0579. The highest BCUT2D eigenvalue weighted by Crippen LogP contribution is 2.45. The van der Waals surface area contributed by atoms with E-state index in [-0.39, 0.29) is 12.3 Å². The molecule has 0 radical (unpaired) electrons. The Morgan fingerprint density at radius 2 is 2.12 bits per heavy atom. The number of nitrogens with one attached hydrogen (secondary N) is 1. The van der Waals surface area contributed by atoms with E-state index in [4.69, 9.17) is 15.7 Å². The summed E-state index contributed by atoms with van der Waals surface area (Å²) in [5, 5.41) is 30.4. The van der Waals surface area contributed by atoms with Crippen LogP contribution in [0.2, 0.25) is 0 Å². The predicted octanol–water partition coefficient (Wildman–Crippen LogP) is 0.230. The number of aliphatic imine (C=N–C) groups is 1. The van der Waals surface area contributed by atoms with Crippen LogP contribution in [0, 0.1) is 16.7 Å². The largest absolute Gasteiger partial charge is 0.492 e. The molecule has 8 heteroatoms. The number of carbonyl (C=O) groups excluding carboxylic acids is 1. The molecule has 26 heavy (non-hydrogen) atoms. The highest BCUT2D eigenvalue weighted by atomic mass is 16.5. The van der Waals surface area contributed by atoms with Gasteiger partial charge in [0.25, 0.3) is 5.91 Å². The summed E-state index contributed by atoms with van der Waals surface area (Å²) >= 11 is 0. The number of aliphatic hydroxyl groups is 2. The molecule has 0 unspecified atom stereocenters. The van der Waals surface area contributed by atoms with E-state index in [1.165, 1.54) is 14.0 Å². The zero-order chi connectivity index (χ0) is 19.4. The minimum Gasteiger partial charge on any atom is -0.492 e. The summed E-state index contributed by atoms with van der Waals surface area (Å²) in [5.41, 5.74) is 5.17. The molecule has 0 bridgehead atoms. The number of ether oxygens (including phenoxy) is 1. The van der Waals surface area contributed by atoms with Gasteiger partial charge in [-0.1, -0.05) is 0 Å². The zero-order valence-electron chi connectivity index (χ0n) is 15.0. The molecule has 1 amide bonds. The number of benzene rings is 1. The summed E-state index contributed by atoms with van der Waals surface area (Å²) < 4.78 is 5.69. The number of nitriles is 1. The van der Waals surface area contributed by atoms with Gasteiger partial charge in [-0.25, -0.2) is 0 Å². The summed E-state index contributed by atoms with van der Waals surface area (Å²) in [5.74, 6) is -0.0885. The monoisotopic (exact) mass is 360 g/mol. The number of anilines is 1. The number of nitrogen functional groups attached to an aromatic ring is 1. The lowest BCUT2D eigenvalue weighted by Gasteiger charge is -2.26. The van der Waals surface area contributed by atoms with Crippen LogP contribution in [0.3, 0.4) is 0 Å². The molecule has 2 rings (SSSR count). The van der Waals surface area contributed by atoms with Gasteiger partial charge in [0.1, 0.15) is 18.1 Å². The third kappa shape index (κ3) is 4.31. The average molecular weight is 360 g/mol. The van der Waals surface area contributed by atoms with Crippen molar-refractivity contribution in [2.75, 3.05) is 32.6 Å². The van der Waals surface area contributed by atoms with Gasteiger partial charge in [0.05, 0.1) is 30.2 Å². The van der Waals surface area contributed by atoms with Crippen molar-refractivity contribution in [2.45, 2.75) is 25.3 Å². The fourth-order valence-corrected chi connectivity index (χ4v) is 2.30. The highest BCUT2D eigenvalue weighted by molar-refractivity contribution is 6.46. The van der Waals surface area contributed by atoms with Gasteiger partial charge in [-0.3, -0.25) is 9.79 Å². The van der Waals surface area contributed by atoms with Crippen molar-refractivity contribution >= 4 is 17.3 Å². The van der Waals surface area contributed by atoms with Crippen molar-refractivity contribution in [3.63, 3.8) is 0 Å². The van der Waals surface area contributed by atoms with Crippen molar-refractivity contribution in [3.8, 4) is 11.8 Å². The smallest absolute Gasteiger partial charge is 0.270 e. The van der Waals surface area contributed by atoms with Crippen LogP contribution in [0.25, 0.3) is 0 Å². The second-order valence-corrected chi connectivity index (χ2v) is 6.83. The van der Waals surface area contributed by atoms with Crippen LogP contribution in [0.4, 0.5) is 5.69 Å². The zero-order valence-corrected chi connectivity index (χ0v) is 15.0. The number of nitrogens with zero attached hydrogens (tertiary/aromatic N) is 2. The van der Waals surface area contributed by atoms with Crippen molar-refractivity contribution < 1.29 is 19.7 Å². The van der Waals surface area contributed by atoms with Crippen molar-refractivity contribution in [2.24, 2.45) is 10.4 Å². The third-order valence-corrected chi connectivity index (χ3v) is 4.44. The number of hydrogen-bond acceptors (Lipinski definition) is 7. The molecule has 8 nitrogen and oxygen atoms in total. The predicted molar refractivity (Wildman–Crippen MR) is 96.8 cm³/mol. The molecule has 1 saturated carbocycles. The van der Waals surface area contributed by atoms with E-state index < -0.39 is 30.1 Å². The molecule has 1 aromatic rings. The molecule has 0 saturated heterocycles. The maximum absolute atomic E-state index is 12.5. The Hall–Kier alpha value is -2.63. The first-order valence-corrected chi connectivity index (χ1v) is 8.27. The number of hydrogen-bond donors (Lipinski definition) is 4. The maximum Gasteiger partial charge on any atom is 0.270 e. The molecular weight excluding hydrogens is 336 g/mol. The molecule has 1 aliphatic carbocycles. The van der Waals surface area contributed by atoms with E-state index in [1.54, 1.807) is 18.2 Å². The van der Waals surface area contributed by atoms with Gasteiger partial charge in [0.2, 0.25) is 0 Å². The Morgan fingerprint density at radius 3 is 2.62 bits per heavy atom. The molecule has 5 N–H and O–H groups in total. The Morgan fingerprint density at radius 1 is 1.46 bits per heavy atom. The van der Waals surface area contributed by atoms with Gasteiger partial charge in [-0.2, -0.15) is 5.26 Å². The van der Waals surface area contributed by atoms with Crippen LogP contribution in [0.1, 0.15) is 25.3 Å². The van der Waals surface area contributed by atoms with E-state index in [0.717, 1.165) is 12.8 Å². The van der Waals surface area contributed by atoms with Gasteiger partial charge < -0.3 is 26.0 Å². The summed E-state index contributed by atoms with van der Waals surface area (Å²) in [6.07, 6.45) is 1.63. The van der Waals surface area contributed by atoms with E-state index in [1.807, 2.05) is 0 Å².